The second kappa shape index (κ2) is 5.01. The summed E-state index contributed by atoms with van der Waals surface area (Å²) in [4.78, 5) is 32.5. The van der Waals surface area contributed by atoms with E-state index in [9.17, 15) is 14.5 Å². The Balaban J connectivity index is 2.98. The van der Waals surface area contributed by atoms with E-state index >= 15 is 0 Å². The highest BCUT2D eigenvalue weighted by Crippen LogP contribution is 2.16. The van der Waals surface area contributed by atoms with Crippen molar-refractivity contribution in [3.05, 3.63) is 34.7 Å². The van der Waals surface area contributed by atoms with E-state index in [4.69, 9.17) is 0 Å². The predicted molar refractivity (Wildman–Crippen MR) is 56.7 cm³/mol. The fourth-order valence-electron chi connectivity index (χ4n) is 1.14. The van der Waals surface area contributed by atoms with Crippen LogP contribution < -0.4 is 5.01 Å². The number of anilines is 1. The van der Waals surface area contributed by atoms with Crippen LogP contribution in [-0.2, 0) is 9.53 Å². The van der Waals surface area contributed by atoms with Crippen LogP contribution in [0.25, 0.3) is 0 Å². The van der Waals surface area contributed by atoms with Gasteiger partial charge in [0.15, 0.2) is 0 Å². The number of hydrogen-bond acceptors (Lipinski definition) is 5. The number of methoxy groups -OCH3 is 1. The molecule has 0 aliphatic rings. The van der Waals surface area contributed by atoms with Crippen molar-refractivity contribution in [3.63, 3.8) is 0 Å². The zero-order valence-corrected chi connectivity index (χ0v) is 8.84. The third-order valence-corrected chi connectivity index (χ3v) is 1.91. The molecule has 1 aromatic carbocycles. The summed E-state index contributed by atoms with van der Waals surface area (Å²) >= 11 is 0. The summed E-state index contributed by atoms with van der Waals surface area (Å²) in [5.41, 5.74) is 0.635. The van der Waals surface area contributed by atoms with Gasteiger partial charge < -0.3 is 4.74 Å². The minimum Gasteiger partial charge on any atom is -0.465 e. The minimum absolute atomic E-state index is 0.301. The van der Waals surface area contributed by atoms with Gasteiger partial charge in [0.25, 0.3) is 0 Å². The van der Waals surface area contributed by atoms with E-state index in [1.54, 1.807) is 0 Å². The summed E-state index contributed by atoms with van der Waals surface area (Å²) in [5, 5.41) is 3.27. The molecule has 1 amide bonds. The van der Waals surface area contributed by atoms with Crippen molar-refractivity contribution in [2.24, 2.45) is 5.29 Å². The fraction of sp³-hybridized carbons (Fsp3) is 0.200. The van der Waals surface area contributed by atoms with Gasteiger partial charge >= 0.3 is 5.97 Å². The van der Waals surface area contributed by atoms with Gasteiger partial charge in [-0.25, -0.2) is 4.79 Å². The Morgan fingerprint density at radius 1 is 1.25 bits per heavy atom. The van der Waals surface area contributed by atoms with E-state index in [1.807, 2.05) is 0 Å². The van der Waals surface area contributed by atoms with Gasteiger partial charge in [-0.1, -0.05) is 0 Å². The highest BCUT2D eigenvalue weighted by atomic mass is 16.5. The molecule has 0 radical (unpaired) electrons. The van der Waals surface area contributed by atoms with Crippen molar-refractivity contribution in [2.45, 2.75) is 6.92 Å². The number of hydrogen-bond donors (Lipinski definition) is 0. The van der Waals surface area contributed by atoms with Gasteiger partial charge in [-0.05, 0) is 24.3 Å². The number of carbonyl (C=O) groups is 2. The fourth-order valence-corrected chi connectivity index (χ4v) is 1.14. The number of carbonyl (C=O) groups excluding carboxylic acids is 2. The average molecular weight is 222 g/mol. The minimum atomic E-state index is -0.499. The van der Waals surface area contributed by atoms with Crippen LogP contribution in [0.1, 0.15) is 17.3 Å². The van der Waals surface area contributed by atoms with Crippen LogP contribution in [-0.4, -0.2) is 19.0 Å². The third-order valence-electron chi connectivity index (χ3n) is 1.91. The Hall–Kier alpha value is -2.24. The van der Waals surface area contributed by atoms with Crippen molar-refractivity contribution < 1.29 is 14.3 Å². The molecule has 6 heteroatoms. The van der Waals surface area contributed by atoms with E-state index in [0.717, 1.165) is 0 Å². The maximum atomic E-state index is 11.1. The third kappa shape index (κ3) is 2.41. The Morgan fingerprint density at radius 2 is 1.81 bits per heavy atom. The largest absolute Gasteiger partial charge is 0.465 e. The van der Waals surface area contributed by atoms with Crippen molar-refractivity contribution in [1.82, 2.24) is 0 Å². The van der Waals surface area contributed by atoms with Crippen molar-refractivity contribution >= 4 is 17.6 Å². The average Bonchev–Trinajstić information content (AvgIpc) is 2.29. The molecule has 0 saturated heterocycles. The van der Waals surface area contributed by atoms with Gasteiger partial charge in [0.2, 0.25) is 5.91 Å². The molecule has 0 fully saturated rings. The van der Waals surface area contributed by atoms with E-state index in [1.165, 1.54) is 38.3 Å². The van der Waals surface area contributed by atoms with Crippen molar-refractivity contribution in [1.29, 1.82) is 0 Å². The predicted octanol–water partition coefficient (Wildman–Crippen LogP) is 1.51. The lowest BCUT2D eigenvalue weighted by Gasteiger charge is -2.10. The number of amides is 1. The number of ether oxygens (including phenoxy) is 1. The highest BCUT2D eigenvalue weighted by Gasteiger charge is 2.12. The molecule has 0 spiro atoms. The van der Waals surface area contributed by atoms with Crippen LogP contribution in [0.3, 0.4) is 0 Å². The molecule has 0 atom stereocenters. The first-order valence-electron chi connectivity index (χ1n) is 4.42. The van der Waals surface area contributed by atoms with E-state index in [0.29, 0.717) is 16.3 Å². The number of esters is 1. The molecule has 6 nitrogen and oxygen atoms in total. The maximum absolute atomic E-state index is 11.1. The molecule has 0 unspecified atom stereocenters. The second-order valence-electron chi connectivity index (χ2n) is 2.95. The summed E-state index contributed by atoms with van der Waals surface area (Å²) in [5.74, 6) is -0.985. The van der Waals surface area contributed by atoms with E-state index < -0.39 is 11.9 Å². The summed E-state index contributed by atoms with van der Waals surface area (Å²) in [6.07, 6.45) is 0. The molecule has 0 aliphatic heterocycles. The first-order valence-corrected chi connectivity index (χ1v) is 4.42. The molecule has 0 saturated carbocycles. The molecule has 0 N–H and O–H groups in total. The number of rotatable bonds is 3. The molecule has 84 valence electrons. The lowest BCUT2D eigenvalue weighted by atomic mass is 10.2. The number of nitroso groups, excluding NO2 is 1. The molecular weight excluding hydrogens is 212 g/mol. The quantitative estimate of drug-likeness (QED) is 0.441. The molecule has 0 bridgehead atoms. The summed E-state index contributed by atoms with van der Waals surface area (Å²) in [6.45, 7) is 1.22. The zero-order chi connectivity index (χ0) is 12.1. The van der Waals surface area contributed by atoms with E-state index in [-0.39, 0.29) is 0 Å². The Bertz CT molecular complexity index is 413. The highest BCUT2D eigenvalue weighted by molar-refractivity contribution is 5.93. The molecule has 0 aliphatic carbocycles. The molecule has 0 heterocycles. The summed E-state index contributed by atoms with van der Waals surface area (Å²) in [6, 6.07) is 5.77. The topological polar surface area (TPSA) is 76.0 Å². The maximum Gasteiger partial charge on any atom is 0.337 e. The molecule has 1 rings (SSSR count). The van der Waals surface area contributed by atoms with Crippen LogP contribution in [0.5, 0.6) is 0 Å². The van der Waals surface area contributed by atoms with Crippen LogP contribution in [0, 0.1) is 4.91 Å². The van der Waals surface area contributed by atoms with Gasteiger partial charge in [-0.2, -0.15) is 5.01 Å². The molecular formula is C10H10N2O4. The number of nitrogens with zero attached hydrogens (tertiary/aromatic N) is 2. The first kappa shape index (κ1) is 11.8. The summed E-state index contributed by atoms with van der Waals surface area (Å²) in [7, 11) is 1.27. The Morgan fingerprint density at radius 3 is 2.19 bits per heavy atom. The Kier molecular flexibility index (Phi) is 3.71. The van der Waals surface area contributed by atoms with Gasteiger partial charge in [-0.15, -0.1) is 4.91 Å². The SMILES string of the molecule is COC(=O)c1ccc(N(N=O)C(C)=O)cc1. The van der Waals surface area contributed by atoms with Crippen molar-refractivity contribution in [2.75, 3.05) is 12.1 Å². The molecule has 1 aromatic rings. The molecule has 0 aromatic heterocycles. The normalized spacial score (nSPS) is 9.38. The van der Waals surface area contributed by atoms with Gasteiger partial charge in [0.1, 0.15) is 0 Å². The van der Waals surface area contributed by atoms with Gasteiger partial charge in [-0.3, -0.25) is 4.79 Å². The number of benzene rings is 1. The van der Waals surface area contributed by atoms with Gasteiger partial charge in [0.05, 0.1) is 23.6 Å². The van der Waals surface area contributed by atoms with Crippen molar-refractivity contribution in [3.8, 4) is 0 Å². The van der Waals surface area contributed by atoms with Crippen LogP contribution in [0.15, 0.2) is 29.6 Å². The van der Waals surface area contributed by atoms with Crippen LogP contribution in [0.4, 0.5) is 5.69 Å². The van der Waals surface area contributed by atoms with E-state index in [2.05, 4.69) is 10.0 Å². The van der Waals surface area contributed by atoms with Crippen LogP contribution >= 0.6 is 0 Å². The molecule has 16 heavy (non-hydrogen) atoms. The lowest BCUT2D eigenvalue weighted by molar-refractivity contribution is -0.116. The van der Waals surface area contributed by atoms with Gasteiger partial charge in [0, 0.05) is 6.92 Å². The first-order chi connectivity index (χ1) is 7.60. The standard InChI is InChI=1S/C10H10N2O4/c1-7(13)12(11-15)9-5-3-8(4-6-9)10(14)16-2/h3-6H,1-2H3. The lowest BCUT2D eigenvalue weighted by Crippen LogP contribution is -2.21. The summed E-state index contributed by atoms with van der Waals surface area (Å²) < 4.78 is 4.51. The monoisotopic (exact) mass is 222 g/mol. The second-order valence-corrected chi connectivity index (χ2v) is 2.95. The zero-order valence-electron chi connectivity index (χ0n) is 8.84. The smallest absolute Gasteiger partial charge is 0.337 e. The Labute approximate surface area is 91.8 Å². The van der Waals surface area contributed by atoms with Crippen LogP contribution in [0.2, 0.25) is 0 Å².